The Morgan fingerprint density at radius 3 is 2.49 bits per heavy atom. The Morgan fingerprint density at radius 2 is 1.77 bits per heavy atom. The molecule has 0 aliphatic carbocycles. The minimum Gasteiger partial charge on any atom is -0.477 e. The lowest BCUT2D eigenvalue weighted by molar-refractivity contribution is -0.131. The molecule has 0 radical (unpaired) electrons. The zero-order chi connectivity index (χ0) is 24.5. The van der Waals surface area contributed by atoms with Crippen LogP contribution in [0.5, 0.6) is 0 Å². The summed E-state index contributed by atoms with van der Waals surface area (Å²) in [5.41, 5.74) is 6.45. The first-order valence-electron chi connectivity index (χ1n) is 10.8. The van der Waals surface area contributed by atoms with Crippen LogP contribution in [0.15, 0.2) is 81.3 Å². The van der Waals surface area contributed by atoms with Gasteiger partial charge in [0.05, 0.1) is 5.69 Å². The van der Waals surface area contributed by atoms with E-state index >= 15 is 0 Å². The van der Waals surface area contributed by atoms with E-state index in [0.29, 0.717) is 10.6 Å². The number of aromatic nitrogens is 3. The van der Waals surface area contributed by atoms with Gasteiger partial charge in [0, 0.05) is 27.1 Å². The summed E-state index contributed by atoms with van der Waals surface area (Å²) in [4.78, 5) is 15.8. The number of aliphatic carboxylic acids is 1. The van der Waals surface area contributed by atoms with Gasteiger partial charge in [-0.25, -0.2) is 4.79 Å². The molecule has 35 heavy (non-hydrogen) atoms. The molecule has 2 heterocycles. The zero-order valence-corrected chi connectivity index (χ0v) is 20.4. The van der Waals surface area contributed by atoms with Crippen molar-refractivity contribution in [2.24, 2.45) is 0 Å². The van der Waals surface area contributed by atoms with Gasteiger partial charge in [0.25, 0.3) is 5.22 Å². The van der Waals surface area contributed by atoms with Crippen LogP contribution >= 0.6 is 23.4 Å². The Labute approximate surface area is 210 Å². The van der Waals surface area contributed by atoms with Gasteiger partial charge in [-0.05, 0) is 73.1 Å². The molecule has 0 unspecified atom stereocenters. The van der Waals surface area contributed by atoms with Crippen LogP contribution < -0.4 is 0 Å². The molecule has 174 valence electrons. The summed E-state index contributed by atoms with van der Waals surface area (Å²) in [6.45, 7) is 4.07. The lowest BCUT2D eigenvalue weighted by Crippen LogP contribution is -1.97. The lowest BCUT2D eigenvalue weighted by atomic mass is 10.0. The van der Waals surface area contributed by atoms with Gasteiger partial charge in [-0.1, -0.05) is 53.6 Å². The molecule has 2 N–H and O–H groups in total. The highest BCUT2D eigenvalue weighted by Gasteiger charge is 2.20. The van der Waals surface area contributed by atoms with Crippen LogP contribution in [0.2, 0.25) is 5.02 Å². The number of nitrogens with zero attached hydrogens (tertiary/aromatic N) is 2. The number of carboxylic acids is 1. The fourth-order valence-electron chi connectivity index (χ4n) is 3.98. The number of carbonyl (C=O) groups is 1. The van der Waals surface area contributed by atoms with E-state index in [9.17, 15) is 9.90 Å². The Bertz CT molecular complexity index is 1570. The quantitative estimate of drug-likeness (QED) is 0.186. The van der Waals surface area contributed by atoms with Crippen LogP contribution in [0, 0.1) is 13.8 Å². The largest absolute Gasteiger partial charge is 0.477 e. The van der Waals surface area contributed by atoms with Gasteiger partial charge in [-0.2, -0.15) is 0 Å². The highest BCUT2D eigenvalue weighted by atomic mass is 35.5. The number of thioether (sulfide) groups is 1. The summed E-state index contributed by atoms with van der Waals surface area (Å²) >= 11 is 6.86. The molecule has 0 saturated carbocycles. The van der Waals surface area contributed by atoms with Gasteiger partial charge >= 0.3 is 5.97 Å². The molecule has 0 fully saturated rings. The van der Waals surface area contributed by atoms with Gasteiger partial charge in [0.1, 0.15) is 4.91 Å². The molecule has 0 bridgehead atoms. The predicted molar refractivity (Wildman–Crippen MR) is 139 cm³/mol. The van der Waals surface area contributed by atoms with Crippen molar-refractivity contribution in [3.8, 4) is 22.7 Å². The van der Waals surface area contributed by atoms with E-state index in [-0.39, 0.29) is 16.0 Å². The summed E-state index contributed by atoms with van der Waals surface area (Å²) in [5.74, 6) is -0.795. The van der Waals surface area contributed by atoms with Crippen molar-refractivity contribution >= 4 is 46.3 Å². The topological polar surface area (TPSA) is 92.0 Å². The number of hydrogen-bond donors (Lipinski definition) is 2. The average molecular weight is 502 g/mol. The van der Waals surface area contributed by atoms with E-state index < -0.39 is 5.97 Å². The van der Waals surface area contributed by atoms with Crippen LogP contribution in [0.4, 0.5) is 0 Å². The number of halogens is 1. The molecule has 2 aromatic heterocycles. The highest BCUT2D eigenvalue weighted by molar-refractivity contribution is 8.03. The molecule has 3 aromatic carbocycles. The highest BCUT2D eigenvalue weighted by Crippen LogP contribution is 2.37. The maximum Gasteiger partial charge on any atom is 0.342 e. The number of hydrogen-bond acceptors (Lipinski definition) is 5. The zero-order valence-electron chi connectivity index (χ0n) is 18.9. The van der Waals surface area contributed by atoms with Gasteiger partial charge < -0.3 is 14.5 Å². The summed E-state index contributed by atoms with van der Waals surface area (Å²) in [5, 5.41) is 19.8. The third-order valence-corrected chi connectivity index (χ3v) is 6.64. The van der Waals surface area contributed by atoms with Crippen molar-refractivity contribution in [2.45, 2.75) is 19.1 Å². The molecule has 5 aromatic rings. The Kier molecular flexibility index (Phi) is 6.19. The minimum absolute atomic E-state index is 0.0635. The fourth-order valence-corrected chi connectivity index (χ4v) is 4.76. The smallest absolute Gasteiger partial charge is 0.342 e. The number of H-pyrrole nitrogens is 1. The van der Waals surface area contributed by atoms with E-state index in [4.69, 9.17) is 16.0 Å². The molecule has 0 spiro atoms. The number of carboxylic acid groups (broad SMARTS) is 1. The lowest BCUT2D eigenvalue weighted by Gasteiger charge is -2.04. The molecular weight excluding hydrogens is 482 g/mol. The van der Waals surface area contributed by atoms with Crippen molar-refractivity contribution in [3.05, 3.63) is 93.3 Å². The second-order valence-corrected chi connectivity index (χ2v) is 9.51. The SMILES string of the molecule is Cc1cc(C)c2[nH]c(-c3ccccc3)c(/C=C(\Sc3nnc(-c4ccc(Cl)cc4)o3)C(=O)O)c2c1. The van der Waals surface area contributed by atoms with E-state index in [1.807, 2.05) is 44.2 Å². The predicted octanol–water partition coefficient (Wildman–Crippen LogP) is 7.37. The maximum atomic E-state index is 12.3. The van der Waals surface area contributed by atoms with Crippen LogP contribution in [-0.4, -0.2) is 26.3 Å². The minimum atomic E-state index is -1.08. The van der Waals surface area contributed by atoms with Gasteiger partial charge in [-0.15, -0.1) is 10.2 Å². The molecule has 0 saturated heterocycles. The molecule has 8 heteroatoms. The van der Waals surface area contributed by atoms with Crippen LogP contribution in [-0.2, 0) is 4.79 Å². The first-order valence-corrected chi connectivity index (χ1v) is 12.0. The molecule has 6 nitrogen and oxygen atoms in total. The number of fused-ring (bicyclic) bond motifs is 1. The van der Waals surface area contributed by atoms with E-state index in [0.717, 1.165) is 50.6 Å². The monoisotopic (exact) mass is 501 g/mol. The van der Waals surface area contributed by atoms with Crippen molar-refractivity contribution in [1.82, 2.24) is 15.2 Å². The molecule has 0 aliphatic heterocycles. The Balaban J connectivity index is 1.59. The van der Waals surface area contributed by atoms with Crippen molar-refractivity contribution in [3.63, 3.8) is 0 Å². The third-order valence-electron chi connectivity index (χ3n) is 5.53. The van der Waals surface area contributed by atoms with E-state index in [1.54, 1.807) is 30.3 Å². The second kappa shape index (κ2) is 9.44. The summed E-state index contributed by atoms with van der Waals surface area (Å²) < 4.78 is 5.74. The molecule has 5 rings (SSSR count). The average Bonchev–Trinajstić information content (AvgIpc) is 3.45. The normalized spacial score (nSPS) is 11.8. The number of aryl methyl sites for hydroxylation is 2. The molecule has 0 amide bonds. The standard InChI is InChI=1S/C27H20ClN3O3S/c1-15-12-16(2)23-20(13-15)21(24(29-23)17-6-4-3-5-7-17)14-22(26(32)33)35-27-31-30-25(34-27)18-8-10-19(28)11-9-18/h3-14,29H,1-2H3,(H,32,33)/b22-14-. The van der Waals surface area contributed by atoms with Crippen LogP contribution in [0.25, 0.3) is 39.7 Å². The number of rotatable bonds is 6. The van der Waals surface area contributed by atoms with E-state index in [1.165, 1.54) is 0 Å². The van der Waals surface area contributed by atoms with Gasteiger partial charge in [0.15, 0.2) is 0 Å². The van der Waals surface area contributed by atoms with Crippen LogP contribution in [0.3, 0.4) is 0 Å². The third kappa shape index (κ3) is 4.73. The van der Waals surface area contributed by atoms with E-state index in [2.05, 4.69) is 27.3 Å². The number of aromatic amines is 1. The van der Waals surface area contributed by atoms with Gasteiger partial charge in [0.2, 0.25) is 5.89 Å². The Morgan fingerprint density at radius 1 is 1.03 bits per heavy atom. The molecule has 0 atom stereocenters. The van der Waals surface area contributed by atoms with Crippen molar-refractivity contribution in [2.75, 3.05) is 0 Å². The first-order chi connectivity index (χ1) is 16.9. The summed E-state index contributed by atoms with van der Waals surface area (Å²) in [6, 6.07) is 21.0. The maximum absolute atomic E-state index is 12.3. The number of benzene rings is 3. The van der Waals surface area contributed by atoms with Crippen molar-refractivity contribution in [1.29, 1.82) is 0 Å². The Hall–Kier alpha value is -3.81. The fraction of sp³-hybridized carbons (Fsp3) is 0.0741. The molecule has 0 aliphatic rings. The van der Waals surface area contributed by atoms with Gasteiger partial charge in [-0.3, -0.25) is 0 Å². The molecular formula is C27H20ClN3O3S. The summed E-state index contributed by atoms with van der Waals surface area (Å²) in [6.07, 6.45) is 1.67. The second-order valence-electron chi connectivity index (χ2n) is 8.08. The number of nitrogens with one attached hydrogen (secondary N) is 1. The summed E-state index contributed by atoms with van der Waals surface area (Å²) in [7, 11) is 0. The first kappa shape index (κ1) is 23.0. The van der Waals surface area contributed by atoms with Crippen LogP contribution in [0.1, 0.15) is 16.7 Å². The van der Waals surface area contributed by atoms with Crippen molar-refractivity contribution < 1.29 is 14.3 Å².